The van der Waals surface area contributed by atoms with Crippen molar-refractivity contribution in [1.29, 1.82) is 0 Å². The number of hydrogen-bond donors (Lipinski definition) is 3. The summed E-state index contributed by atoms with van der Waals surface area (Å²) < 4.78 is 4.73. The Labute approximate surface area is 95.2 Å². The Kier molecular flexibility index (Phi) is 10.7. The van der Waals surface area contributed by atoms with Gasteiger partial charge in [0.25, 0.3) is 0 Å². The quantitative estimate of drug-likeness (QED) is 0.389. The maximum absolute atomic E-state index is 8.48. The van der Waals surface area contributed by atoms with Crippen LogP contribution in [-0.4, -0.2) is 78.3 Å². The molecule has 1 atom stereocenters. The zero-order chi connectivity index (χ0) is 11.5. The molecule has 1 unspecified atom stereocenters. The highest BCUT2D eigenvalue weighted by Gasteiger charge is 2.19. The van der Waals surface area contributed by atoms with Gasteiger partial charge in [-0.15, -0.1) is 11.6 Å². The Morgan fingerprint density at radius 3 is 1.60 bits per heavy atom. The molecule has 15 heavy (non-hydrogen) atoms. The van der Waals surface area contributed by atoms with E-state index in [-0.39, 0.29) is 19.8 Å². The van der Waals surface area contributed by atoms with E-state index in [2.05, 4.69) is 0 Å². The molecule has 0 aromatic rings. The zero-order valence-electron chi connectivity index (χ0n) is 8.81. The highest BCUT2D eigenvalue weighted by Crippen LogP contribution is 2.08. The van der Waals surface area contributed by atoms with E-state index >= 15 is 0 Å². The molecule has 1 aliphatic rings. The molecule has 0 amide bonds. The van der Waals surface area contributed by atoms with Crippen molar-refractivity contribution in [2.24, 2.45) is 0 Å². The first-order valence-corrected chi connectivity index (χ1v) is 5.54. The van der Waals surface area contributed by atoms with Gasteiger partial charge in [-0.2, -0.15) is 0 Å². The van der Waals surface area contributed by atoms with Gasteiger partial charge in [-0.25, -0.2) is 0 Å². The molecule has 0 bridgehead atoms. The van der Waals surface area contributed by atoms with E-state index in [1.54, 1.807) is 4.90 Å². The number of halogens is 1. The molecule has 1 rings (SSSR count). The first-order chi connectivity index (χ1) is 7.28. The lowest BCUT2D eigenvalue weighted by Gasteiger charge is -2.17. The Balaban J connectivity index is 0.000000322. The van der Waals surface area contributed by atoms with Gasteiger partial charge in [-0.05, 0) is 0 Å². The Hall–Kier alpha value is 0.0900. The lowest BCUT2D eigenvalue weighted by atomic mass is 10.4. The van der Waals surface area contributed by atoms with Crippen LogP contribution in [0.1, 0.15) is 0 Å². The third kappa shape index (κ3) is 10.4. The van der Waals surface area contributed by atoms with Gasteiger partial charge in [-0.1, -0.05) is 0 Å². The van der Waals surface area contributed by atoms with Crippen LogP contribution in [0, 0.1) is 0 Å². The maximum Gasteiger partial charge on any atom is 0.0944 e. The van der Waals surface area contributed by atoms with Crippen molar-refractivity contribution >= 4 is 11.6 Å². The normalized spacial score (nSPS) is 18.6. The number of aliphatic hydroxyl groups is 3. The van der Waals surface area contributed by atoms with E-state index in [4.69, 9.17) is 31.7 Å². The number of hydrogen-bond acceptors (Lipinski definition) is 5. The molecule has 1 saturated heterocycles. The lowest BCUT2D eigenvalue weighted by Crippen LogP contribution is -2.32. The fraction of sp³-hybridized carbons (Fsp3) is 1.00. The van der Waals surface area contributed by atoms with Crippen LogP contribution < -0.4 is 0 Å². The Bertz CT molecular complexity index is 121. The van der Waals surface area contributed by atoms with Crippen LogP contribution in [0.5, 0.6) is 0 Å². The average molecular weight is 242 g/mol. The molecular weight excluding hydrogens is 222 g/mol. The molecule has 0 aromatic carbocycles. The van der Waals surface area contributed by atoms with Gasteiger partial charge >= 0.3 is 0 Å². The van der Waals surface area contributed by atoms with Crippen molar-refractivity contribution in [3.05, 3.63) is 0 Å². The minimum absolute atomic E-state index is 0.0694. The summed E-state index contributed by atoms with van der Waals surface area (Å²) in [6.45, 7) is 2.63. The fourth-order valence-corrected chi connectivity index (χ4v) is 1.09. The summed E-state index contributed by atoms with van der Waals surface area (Å²) in [6.07, 6.45) is 0.400. The summed E-state index contributed by atoms with van der Waals surface area (Å²) in [6, 6.07) is 0. The molecule has 1 aliphatic heterocycles. The Morgan fingerprint density at radius 2 is 1.47 bits per heavy atom. The minimum atomic E-state index is 0.0694. The van der Waals surface area contributed by atoms with Crippen molar-refractivity contribution in [1.82, 2.24) is 4.90 Å². The molecule has 5 nitrogen and oxygen atoms in total. The van der Waals surface area contributed by atoms with Crippen LogP contribution >= 0.6 is 11.6 Å². The van der Waals surface area contributed by atoms with E-state index in [1.165, 1.54) is 0 Å². The smallest absolute Gasteiger partial charge is 0.0944 e. The van der Waals surface area contributed by atoms with Crippen molar-refractivity contribution in [3.8, 4) is 0 Å². The summed E-state index contributed by atoms with van der Waals surface area (Å²) >= 11 is 5.27. The molecule has 1 fully saturated rings. The van der Waals surface area contributed by atoms with E-state index < -0.39 is 0 Å². The number of nitrogens with zero attached hydrogens (tertiary/aromatic N) is 1. The molecule has 0 saturated carbocycles. The van der Waals surface area contributed by atoms with Crippen LogP contribution in [0.25, 0.3) is 0 Å². The topological polar surface area (TPSA) is 76.5 Å². The molecule has 0 aliphatic carbocycles. The summed E-state index contributed by atoms with van der Waals surface area (Å²) in [5.74, 6) is 0.667. The SMILES string of the molecule is ClCC1CO1.OCCN(CCO)CCO. The first kappa shape index (κ1) is 15.1. The van der Waals surface area contributed by atoms with Crippen LogP contribution in [0.2, 0.25) is 0 Å². The summed E-state index contributed by atoms with van der Waals surface area (Å²) in [5.41, 5.74) is 0. The predicted octanol–water partition coefficient (Wildman–Crippen LogP) is -1.11. The van der Waals surface area contributed by atoms with Crippen LogP contribution in [-0.2, 0) is 4.74 Å². The highest BCUT2D eigenvalue weighted by molar-refractivity contribution is 6.18. The number of alkyl halides is 1. The maximum atomic E-state index is 8.48. The monoisotopic (exact) mass is 241 g/mol. The second kappa shape index (κ2) is 10.6. The van der Waals surface area contributed by atoms with Gasteiger partial charge in [-0.3, -0.25) is 4.90 Å². The van der Waals surface area contributed by atoms with Crippen molar-refractivity contribution in [2.75, 3.05) is 51.9 Å². The number of aliphatic hydroxyl groups excluding tert-OH is 3. The van der Waals surface area contributed by atoms with Gasteiger partial charge < -0.3 is 20.1 Å². The highest BCUT2D eigenvalue weighted by atomic mass is 35.5. The summed E-state index contributed by atoms with van der Waals surface area (Å²) in [4.78, 5) is 1.79. The standard InChI is InChI=1S/C6H15NO3.C3H5ClO/c8-4-1-7(2-5-9)3-6-10;4-1-3-2-5-3/h8-10H,1-6H2;3H,1-2H2. The molecule has 3 N–H and O–H groups in total. The second-order valence-electron chi connectivity index (χ2n) is 3.12. The molecule has 6 heteroatoms. The second-order valence-corrected chi connectivity index (χ2v) is 3.43. The van der Waals surface area contributed by atoms with Gasteiger partial charge in [0, 0.05) is 19.6 Å². The largest absolute Gasteiger partial charge is 0.395 e. The number of epoxide rings is 1. The van der Waals surface area contributed by atoms with Crippen molar-refractivity contribution < 1.29 is 20.1 Å². The minimum Gasteiger partial charge on any atom is -0.395 e. The zero-order valence-corrected chi connectivity index (χ0v) is 9.57. The molecule has 0 radical (unpaired) electrons. The van der Waals surface area contributed by atoms with E-state index in [0.717, 1.165) is 6.61 Å². The molecule has 0 aromatic heterocycles. The fourth-order valence-electron chi connectivity index (χ4n) is 0.917. The average Bonchev–Trinajstić information content (AvgIpc) is 3.03. The molecule has 92 valence electrons. The summed E-state index contributed by atoms with van der Waals surface area (Å²) in [7, 11) is 0. The lowest BCUT2D eigenvalue weighted by molar-refractivity contribution is 0.136. The van der Waals surface area contributed by atoms with E-state index in [9.17, 15) is 0 Å². The number of rotatable bonds is 7. The predicted molar refractivity (Wildman–Crippen MR) is 58.2 cm³/mol. The molecule has 1 heterocycles. The van der Waals surface area contributed by atoms with Crippen LogP contribution in [0.4, 0.5) is 0 Å². The van der Waals surface area contributed by atoms with E-state index in [0.29, 0.717) is 31.6 Å². The van der Waals surface area contributed by atoms with Crippen LogP contribution in [0.15, 0.2) is 0 Å². The Morgan fingerprint density at radius 1 is 1.07 bits per heavy atom. The van der Waals surface area contributed by atoms with Gasteiger partial charge in [0.15, 0.2) is 0 Å². The molecular formula is C9H20ClNO4. The number of ether oxygens (including phenoxy) is 1. The first-order valence-electron chi connectivity index (χ1n) is 5.01. The third-order valence-corrected chi connectivity index (χ3v) is 2.17. The van der Waals surface area contributed by atoms with Gasteiger partial charge in [0.2, 0.25) is 0 Å². The van der Waals surface area contributed by atoms with E-state index in [1.807, 2.05) is 0 Å². The van der Waals surface area contributed by atoms with Gasteiger partial charge in [0.1, 0.15) is 0 Å². The summed E-state index contributed by atoms with van der Waals surface area (Å²) in [5, 5.41) is 25.5. The van der Waals surface area contributed by atoms with Crippen molar-refractivity contribution in [3.63, 3.8) is 0 Å². The molecule has 0 spiro atoms. The third-order valence-electron chi connectivity index (χ3n) is 1.82. The van der Waals surface area contributed by atoms with Crippen LogP contribution in [0.3, 0.4) is 0 Å². The van der Waals surface area contributed by atoms with Crippen molar-refractivity contribution in [2.45, 2.75) is 6.10 Å². The van der Waals surface area contributed by atoms with Gasteiger partial charge in [0.05, 0.1) is 38.4 Å².